The van der Waals surface area contributed by atoms with E-state index >= 15 is 0 Å². The lowest BCUT2D eigenvalue weighted by Crippen LogP contribution is -2.18. The Morgan fingerprint density at radius 3 is 1.90 bits per heavy atom. The van der Waals surface area contributed by atoms with Gasteiger partial charge < -0.3 is 5.11 Å². The van der Waals surface area contributed by atoms with Crippen LogP contribution in [0, 0.1) is 0 Å². The molecule has 1 aliphatic carbocycles. The van der Waals surface area contributed by atoms with Gasteiger partial charge in [-0.2, -0.15) is 0 Å². The summed E-state index contributed by atoms with van der Waals surface area (Å²) in [6, 6.07) is 61.6. The molecule has 10 rings (SSSR count). The number of fused-ring (bicyclic) bond motifs is 4. The van der Waals surface area contributed by atoms with Crippen LogP contribution < -0.4 is 0 Å². The van der Waals surface area contributed by atoms with Crippen LogP contribution in [0.1, 0.15) is 49.9 Å². The number of imidazole rings is 1. The number of pyridine rings is 1. The van der Waals surface area contributed by atoms with Gasteiger partial charge in [-0.15, -0.1) is 0 Å². The van der Waals surface area contributed by atoms with Crippen molar-refractivity contribution < 1.29 is 5.11 Å². The minimum absolute atomic E-state index is 0.115. The number of aromatic nitrogens is 3. The highest BCUT2D eigenvalue weighted by Gasteiger charge is 2.38. The van der Waals surface area contributed by atoms with Gasteiger partial charge >= 0.3 is 0 Å². The third kappa shape index (κ3) is 5.67. The predicted octanol–water partition coefficient (Wildman–Crippen LogP) is 13.4. The summed E-state index contributed by atoms with van der Waals surface area (Å²) in [5, 5.41) is 11.1. The van der Waals surface area contributed by atoms with Crippen molar-refractivity contribution in [1.29, 1.82) is 0 Å². The summed E-state index contributed by atoms with van der Waals surface area (Å²) >= 11 is 0. The molecule has 1 N–H and O–H groups in total. The van der Waals surface area contributed by atoms with Crippen LogP contribution in [0.4, 0.5) is 0 Å². The van der Waals surface area contributed by atoms with Crippen LogP contribution in [0.3, 0.4) is 0 Å². The van der Waals surface area contributed by atoms with E-state index in [9.17, 15) is 5.11 Å². The van der Waals surface area contributed by atoms with E-state index in [1.165, 1.54) is 33.4 Å². The molecule has 7 aromatic carbocycles. The Bertz CT molecular complexity index is 2990. The minimum Gasteiger partial charge on any atom is -0.507 e. The van der Waals surface area contributed by atoms with Crippen LogP contribution >= 0.6 is 0 Å². The zero-order valence-corrected chi connectivity index (χ0v) is 33.1. The van der Waals surface area contributed by atoms with Gasteiger partial charge in [-0.1, -0.05) is 149 Å². The van der Waals surface area contributed by atoms with Crippen molar-refractivity contribution in [3.8, 4) is 67.5 Å². The molecule has 2 aromatic heterocycles. The van der Waals surface area contributed by atoms with Gasteiger partial charge in [-0.3, -0.25) is 9.55 Å². The molecular weight excluding hydrogens is 707 g/mol. The maximum Gasteiger partial charge on any atom is 0.149 e. The first-order chi connectivity index (χ1) is 28.2. The summed E-state index contributed by atoms with van der Waals surface area (Å²) in [7, 11) is 0. The topological polar surface area (TPSA) is 50.9 Å². The van der Waals surface area contributed by atoms with Crippen LogP contribution in [0.5, 0.6) is 5.75 Å². The highest BCUT2D eigenvalue weighted by atomic mass is 16.3. The van der Waals surface area contributed by atoms with Crippen LogP contribution in [0.2, 0.25) is 0 Å². The second-order valence-corrected chi connectivity index (χ2v) is 16.4. The van der Waals surface area contributed by atoms with E-state index in [1.54, 1.807) is 6.07 Å². The summed E-state index contributed by atoms with van der Waals surface area (Å²) in [4.78, 5) is 10.4. The second-order valence-electron chi connectivity index (χ2n) is 16.4. The maximum atomic E-state index is 11.1. The second kappa shape index (κ2) is 13.6. The SMILES string of the molecule is CC(C)(c1ccccc1)c1ccc(-c2ccnc(-c3cc4c(c(-c5cccc6c5nc(-c5ccccc5O)n6-c5ccccc5)c3)C(C)(C)c3ccccc3-4)c2)cc1. The van der Waals surface area contributed by atoms with Gasteiger partial charge in [0.25, 0.3) is 0 Å². The largest absolute Gasteiger partial charge is 0.507 e. The summed E-state index contributed by atoms with van der Waals surface area (Å²) < 4.78 is 2.16. The monoisotopic (exact) mass is 749 g/mol. The van der Waals surface area contributed by atoms with E-state index in [0.717, 1.165) is 50.2 Å². The van der Waals surface area contributed by atoms with E-state index in [2.05, 4.69) is 166 Å². The third-order valence-electron chi connectivity index (χ3n) is 12.3. The van der Waals surface area contributed by atoms with Crippen molar-refractivity contribution in [3.05, 3.63) is 204 Å². The molecule has 4 heteroatoms. The Morgan fingerprint density at radius 1 is 0.534 bits per heavy atom. The summed E-state index contributed by atoms with van der Waals surface area (Å²) in [6.07, 6.45) is 1.93. The number of para-hydroxylation sites is 3. The first kappa shape index (κ1) is 35.4. The van der Waals surface area contributed by atoms with E-state index in [-0.39, 0.29) is 16.6 Å². The number of phenolic OH excluding ortho intramolecular Hbond substituents is 1. The number of hydrogen-bond acceptors (Lipinski definition) is 3. The molecular formula is C54H43N3O. The molecule has 4 nitrogen and oxygen atoms in total. The number of aromatic hydroxyl groups is 1. The van der Waals surface area contributed by atoms with Crippen LogP contribution in [0.15, 0.2) is 182 Å². The van der Waals surface area contributed by atoms with E-state index in [0.29, 0.717) is 11.4 Å². The molecule has 0 aliphatic heterocycles. The van der Waals surface area contributed by atoms with E-state index in [4.69, 9.17) is 9.97 Å². The first-order valence-electron chi connectivity index (χ1n) is 20.0. The Kier molecular flexibility index (Phi) is 8.27. The molecule has 280 valence electrons. The normalized spacial score (nSPS) is 13.0. The lowest BCUT2D eigenvalue weighted by Gasteiger charge is -2.26. The smallest absolute Gasteiger partial charge is 0.149 e. The minimum atomic E-state index is -0.269. The Morgan fingerprint density at radius 2 is 1.16 bits per heavy atom. The molecule has 0 saturated heterocycles. The van der Waals surface area contributed by atoms with Crippen molar-refractivity contribution in [2.24, 2.45) is 0 Å². The van der Waals surface area contributed by atoms with Gasteiger partial charge in [-0.05, 0) is 105 Å². The molecule has 0 radical (unpaired) electrons. The van der Waals surface area contributed by atoms with Crippen LogP contribution in [-0.2, 0) is 10.8 Å². The Hall–Kier alpha value is -7.04. The quantitative estimate of drug-likeness (QED) is 0.176. The number of hydrogen-bond donors (Lipinski definition) is 1. The summed E-state index contributed by atoms with van der Waals surface area (Å²) in [5.74, 6) is 0.881. The molecule has 0 saturated carbocycles. The van der Waals surface area contributed by atoms with E-state index < -0.39 is 0 Å². The molecule has 0 bridgehead atoms. The van der Waals surface area contributed by atoms with Gasteiger partial charge in [-0.25, -0.2) is 4.98 Å². The highest BCUT2D eigenvalue weighted by Crippen LogP contribution is 2.54. The molecule has 58 heavy (non-hydrogen) atoms. The molecule has 2 heterocycles. The Labute approximate surface area is 339 Å². The molecule has 0 atom stereocenters. The van der Waals surface area contributed by atoms with Crippen molar-refractivity contribution in [2.75, 3.05) is 0 Å². The summed E-state index contributed by atoms with van der Waals surface area (Å²) in [5.41, 5.74) is 17.1. The van der Waals surface area contributed by atoms with Gasteiger partial charge in [0.05, 0.1) is 22.3 Å². The van der Waals surface area contributed by atoms with Crippen molar-refractivity contribution >= 4 is 11.0 Å². The maximum absolute atomic E-state index is 11.1. The molecule has 1 aliphatic rings. The zero-order valence-electron chi connectivity index (χ0n) is 33.1. The molecule has 9 aromatic rings. The zero-order chi connectivity index (χ0) is 39.6. The number of benzene rings is 7. The van der Waals surface area contributed by atoms with Gasteiger partial charge in [0, 0.05) is 33.8 Å². The fourth-order valence-electron chi connectivity index (χ4n) is 9.15. The van der Waals surface area contributed by atoms with Crippen molar-refractivity contribution in [2.45, 2.75) is 38.5 Å². The van der Waals surface area contributed by atoms with Crippen molar-refractivity contribution in [1.82, 2.24) is 14.5 Å². The number of phenols is 1. The number of rotatable bonds is 7. The predicted molar refractivity (Wildman–Crippen MR) is 238 cm³/mol. The fourth-order valence-corrected chi connectivity index (χ4v) is 9.15. The number of nitrogens with zero attached hydrogens (tertiary/aromatic N) is 3. The van der Waals surface area contributed by atoms with E-state index in [1.807, 2.05) is 42.6 Å². The Balaban J connectivity index is 1.16. The fraction of sp³-hybridized carbons (Fsp3) is 0.111. The standard InChI is InChI=1S/C54H43N3O/c1-53(2,38-16-7-5-8-17-38)39-28-26-35(27-29-39)36-30-31-55-47(34-36)37-32-44-41-20-11-13-23-46(41)54(3,4)50(44)45(33-37)42-22-15-24-48-51(42)56-52(43-21-12-14-25-49(43)58)57(48)40-18-9-6-10-19-40/h5-34,58H,1-4H3. The highest BCUT2D eigenvalue weighted by molar-refractivity contribution is 6.01. The average molecular weight is 750 g/mol. The lowest BCUT2D eigenvalue weighted by atomic mass is 9.78. The van der Waals surface area contributed by atoms with Gasteiger partial charge in [0.1, 0.15) is 11.6 Å². The molecule has 0 fully saturated rings. The van der Waals surface area contributed by atoms with Crippen LogP contribution in [-0.4, -0.2) is 19.6 Å². The first-order valence-corrected chi connectivity index (χ1v) is 20.0. The molecule has 0 amide bonds. The average Bonchev–Trinajstić information content (AvgIpc) is 3.77. The lowest BCUT2D eigenvalue weighted by molar-refractivity contribution is 0.477. The van der Waals surface area contributed by atoms with Crippen LogP contribution in [0.25, 0.3) is 72.7 Å². The van der Waals surface area contributed by atoms with Gasteiger partial charge in [0.15, 0.2) is 0 Å². The van der Waals surface area contributed by atoms with Gasteiger partial charge in [0.2, 0.25) is 0 Å². The van der Waals surface area contributed by atoms with Crippen molar-refractivity contribution in [3.63, 3.8) is 0 Å². The summed E-state index contributed by atoms with van der Waals surface area (Å²) in [6.45, 7) is 9.23. The third-order valence-corrected chi connectivity index (χ3v) is 12.3. The molecule has 0 spiro atoms. The molecule has 0 unspecified atom stereocenters.